The van der Waals surface area contributed by atoms with E-state index in [0.717, 1.165) is 23.4 Å². The van der Waals surface area contributed by atoms with Crippen molar-refractivity contribution in [2.45, 2.75) is 13.5 Å². The van der Waals surface area contributed by atoms with Crippen LogP contribution in [0.1, 0.15) is 18.1 Å². The number of carbonyl (C=O) groups excluding carboxylic acids is 1. The number of hydrogen-bond acceptors (Lipinski definition) is 2. The third-order valence-corrected chi connectivity index (χ3v) is 3.91. The molecular weight excluding hydrogens is 322 g/mol. The summed E-state index contributed by atoms with van der Waals surface area (Å²) in [6, 6.07) is 11.5. The zero-order valence-electron chi connectivity index (χ0n) is 14.7. The lowest BCUT2D eigenvalue weighted by atomic mass is 10.1. The van der Waals surface area contributed by atoms with Crippen LogP contribution in [0.5, 0.6) is 0 Å². The van der Waals surface area contributed by atoms with E-state index in [9.17, 15) is 13.6 Å². The minimum absolute atomic E-state index is 0.206. The average molecular weight is 344 g/mol. The van der Waals surface area contributed by atoms with Gasteiger partial charge >= 0.3 is 0 Å². The van der Waals surface area contributed by atoms with Crippen molar-refractivity contribution < 1.29 is 13.6 Å². The summed E-state index contributed by atoms with van der Waals surface area (Å²) >= 11 is 0. The Morgan fingerprint density at radius 3 is 2.16 bits per heavy atom. The van der Waals surface area contributed by atoms with Crippen LogP contribution in [-0.2, 0) is 11.3 Å². The first kappa shape index (κ1) is 18.6. The normalized spacial score (nSPS) is 10.9. The molecule has 0 atom stereocenters. The highest BCUT2D eigenvalue weighted by Crippen LogP contribution is 2.16. The minimum Gasteiger partial charge on any atom is -0.378 e. The molecule has 3 nitrogen and oxygen atoms in total. The first-order chi connectivity index (χ1) is 11.9. The number of anilines is 1. The monoisotopic (exact) mass is 344 g/mol. The summed E-state index contributed by atoms with van der Waals surface area (Å²) in [7, 11) is 3.92. The summed E-state index contributed by atoms with van der Waals surface area (Å²) < 4.78 is 27.2. The van der Waals surface area contributed by atoms with Crippen molar-refractivity contribution >= 4 is 17.7 Å². The van der Waals surface area contributed by atoms with Crippen molar-refractivity contribution in [1.82, 2.24) is 4.90 Å². The van der Waals surface area contributed by atoms with Crippen LogP contribution in [0, 0.1) is 11.6 Å². The Kier molecular flexibility index (Phi) is 6.28. The standard InChI is InChI=1S/C20H22F2N2O/c1-4-24(14-15-8-10-16(11-9-15)23(2)3)20(25)13-12-17-18(21)6-5-7-19(17)22/h5-13H,4,14H2,1-3H3/b13-12+. The summed E-state index contributed by atoms with van der Waals surface area (Å²) in [5, 5.41) is 0. The molecule has 5 heteroatoms. The number of carbonyl (C=O) groups is 1. The predicted octanol–water partition coefficient (Wildman–Crippen LogP) is 4.09. The summed E-state index contributed by atoms with van der Waals surface area (Å²) in [5.74, 6) is -1.67. The van der Waals surface area contributed by atoms with Gasteiger partial charge in [0, 0.05) is 44.5 Å². The molecule has 0 aliphatic heterocycles. The van der Waals surface area contributed by atoms with Gasteiger partial charge in [-0.25, -0.2) is 8.78 Å². The molecular formula is C20H22F2N2O. The Bertz CT molecular complexity index is 735. The van der Waals surface area contributed by atoms with E-state index in [1.165, 1.54) is 18.2 Å². The predicted molar refractivity (Wildman–Crippen MR) is 97.3 cm³/mol. The largest absolute Gasteiger partial charge is 0.378 e. The quantitative estimate of drug-likeness (QED) is 0.737. The molecule has 0 N–H and O–H groups in total. The third kappa shape index (κ3) is 4.89. The van der Waals surface area contributed by atoms with Crippen LogP contribution in [0.2, 0.25) is 0 Å². The van der Waals surface area contributed by atoms with Gasteiger partial charge < -0.3 is 9.80 Å². The maximum Gasteiger partial charge on any atom is 0.246 e. The van der Waals surface area contributed by atoms with Gasteiger partial charge in [-0.3, -0.25) is 4.79 Å². The molecule has 2 rings (SSSR count). The topological polar surface area (TPSA) is 23.6 Å². The lowest BCUT2D eigenvalue weighted by Crippen LogP contribution is -2.28. The van der Waals surface area contributed by atoms with Crippen LogP contribution in [-0.4, -0.2) is 31.4 Å². The number of hydrogen-bond donors (Lipinski definition) is 0. The lowest BCUT2D eigenvalue weighted by molar-refractivity contribution is -0.126. The highest BCUT2D eigenvalue weighted by molar-refractivity contribution is 5.91. The molecule has 0 aliphatic rings. The second kappa shape index (κ2) is 8.42. The fourth-order valence-electron chi connectivity index (χ4n) is 2.40. The molecule has 1 amide bonds. The Morgan fingerprint density at radius 2 is 1.64 bits per heavy atom. The fourth-order valence-corrected chi connectivity index (χ4v) is 2.40. The molecule has 0 saturated heterocycles. The van der Waals surface area contributed by atoms with Gasteiger partial charge in [0.05, 0.1) is 0 Å². The molecule has 25 heavy (non-hydrogen) atoms. The highest BCUT2D eigenvalue weighted by Gasteiger charge is 2.11. The van der Waals surface area contributed by atoms with Gasteiger partial charge in [-0.05, 0) is 42.8 Å². The SMILES string of the molecule is CCN(Cc1ccc(N(C)C)cc1)C(=O)/C=C/c1c(F)cccc1F. The first-order valence-corrected chi connectivity index (χ1v) is 8.09. The zero-order valence-corrected chi connectivity index (χ0v) is 14.7. The van der Waals surface area contributed by atoms with Gasteiger partial charge in [0.1, 0.15) is 11.6 Å². The molecule has 0 aliphatic carbocycles. The van der Waals surface area contributed by atoms with Crippen molar-refractivity contribution in [3.8, 4) is 0 Å². The van der Waals surface area contributed by atoms with E-state index >= 15 is 0 Å². The first-order valence-electron chi connectivity index (χ1n) is 8.09. The van der Waals surface area contributed by atoms with Gasteiger partial charge in [0.25, 0.3) is 0 Å². The number of amides is 1. The highest BCUT2D eigenvalue weighted by atomic mass is 19.1. The van der Waals surface area contributed by atoms with E-state index in [1.807, 2.05) is 50.2 Å². The Labute approximate surface area is 147 Å². The number of likely N-dealkylation sites (N-methyl/N-ethyl adjacent to an activating group) is 1. The Hall–Kier alpha value is -2.69. The molecule has 0 saturated carbocycles. The molecule has 0 unspecified atom stereocenters. The molecule has 132 valence electrons. The van der Waals surface area contributed by atoms with Crippen molar-refractivity contribution in [3.05, 3.63) is 71.3 Å². The Balaban J connectivity index is 2.09. The van der Waals surface area contributed by atoms with E-state index in [2.05, 4.69) is 0 Å². The molecule has 0 heterocycles. The van der Waals surface area contributed by atoms with Gasteiger partial charge in [0.2, 0.25) is 5.91 Å². The summed E-state index contributed by atoms with van der Waals surface area (Å²) in [4.78, 5) is 15.9. The molecule has 0 radical (unpaired) electrons. The molecule has 0 bridgehead atoms. The molecule has 0 fully saturated rings. The molecule has 2 aromatic carbocycles. The lowest BCUT2D eigenvalue weighted by Gasteiger charge is -2.20. The molecule has 2 aromatic rings. The van der Waals surface area contributed by atoms with Crippen LogP contribution in [0.15, 0.2) is 48.5 Å². The number of benzene rings is 2. The summed E-state index contributed by atoms with van der Waals surface area (Å²) in [5.41, 5.74) is 1.86. The second-order valence-corrected chi connectivity index (χ2v) is 5.88. The van der Waals surface area contributed by atoms with Gasteiger partial charge in [-0.1, -0.05) is 18.2 Å². The summed E-state index contributed by atoms with van der Waals surface area (Å²) in [6.45, 7) is 2.80. The van der Waals surface area contributed by atoms with E-state index in [-0.39, 0.29) is 11.5 Å². The molecule has 0 spiro atoms. The van der Waals surface area contributed by atoms with E-state index in [1.54, 1.807) is 4.90 Å². The number of rotatable bonds is 6. The van der Waals surface area contributed by atoms with Crippen LogP contribution in [0.3, 0.4) is 0 Å². The van der Waals surface area contributed by atoms with Gasteiger partial charge in [-0.2, -0.15) is 0 Å². The van der Waals surface area contributed by atoms with Crippen LogP contribution >= 0.6 is 0 Å². The Morgan fingerprint density at radius 1 is 1.04 bits per heavy atom. The van der Waals surface area contributed by atoms with E-state index in [0.29, 0.717) is 13.1 Å². The van der Waals surface area contributed by atoms with Crippen molar-refractivity contribution in [3.63, 3.8) is 0 Å². The van der Waals surface area contributed by atoms with Crippen LogP contribution in [0.4, 0.5) is 14.5 Å². The zero-order chi connectivity index (χ0) is 18.4. The van der Waals surface area contributed by atoms with Crippen LogP contribution < -0.4 is 4.90 Å². The molecule has 0 aromatic heterocycles. The third-order valence-electron chi connectivity index (χ3n) is 3.91. The maximum absolute atomic E-state index is 13.6. The van der Waals surface area contributed by atoms with Gasteiger partial charge in [0.15, 0.2) is 0 Å². The van der Waals surface area contributed by atoms with Crippen LogP contribution in [0.25, 0.3) is 6.08 Å². The maximum atomic E-state index is 13.6. The van der Waals surface area contributed by atoms with Crippen molar-refractivity contribution in [1.29, 1.82) is 0 Å². The van der Waals surface area contributed by atoms with Crippen molar-refractivity contribution in [2.75, 3.05) is 25.5 Å². The average Bonchev–Trinajstić information content (AvgIpc) is 2.59. The van der Waals surface area contributed by atoms with Crippen molar-refractivity contribution in [2.24, 2.45) is 0 Å². The van der Waals surface area contributed by atoms with Gasteiger partial charge in [-0.15, -0.1) is 0 Å². The van der Waals surface area contributed by atoms with E-state index in [4.69, 9.17) is 0 Å². The van der Waals surface area contributed by atoms with E-state index < -0.39 is 11.6 Å². The minimum atomic E-state index is -0.689. The fraction of sp³-hybridized carbons (Fsp3) is 0.250. The summed E-state index contributed by atoms with van der Waals surface area (Å²) in [6.07, 6.45) is 2.39. The second-order valence-electron chi connectivity index (χ2n) is 5.88. The number of nitrogens with zero attached hydrogens (tertiary/aromatic N) is 2. The smallest absolute Gasteiger partial charge is 0.246 e. The number of halogens is 2.